The zero-order valence-electron chi connectivity index (χ0n) is 9.51. The van der Waals surface area contributed by atoms with E-state index in [1.165, 1.54) is 12.1 Å². The van der Waals surface area contributed by atoms with E-state index < -0.39 is 20.5 Å². The van der Waals surface area contributed by atoms with Crippen LogP contribution in [0.1, 0.15) is 17.3 Å². The number of esters is 1. The maximum Gasteiger partial charge on any atom is 0.321 e. The van der Waals surface area contributed by atoms with Gasteiger partial charge in [-0.3, -0.25) is 14.9 Å². The molecule has 0 N–H and O–H groups in total. The highest BCUT2D eigenvalue weighted by molar-refractivity contribution is 9.12. The lowest BCUT2D eigenvalue weighted by Gasteiger charge is -2.15. The number of carbonyl (C=O) groups is 1. The summed E-state index contributed by atoms with van der Waals surface area (Å²) in [5.74, 6) is -0.411. The fourth-order valence-electron chi connectivity index (χ4n) is 1.32. The van der Waals surface area contributed by atoms with E-state index in [1.807, 2.05) is 0 Å². The molecule has 0 aliphatic rings. The molecule has 7 heteroatoms. The molecule has 0 aliphatic heterocycles. The van der Waals surface area contributed by atoms with Gasteiger partial charge >= 0.3 is 5.97 Å². The third-order valence-corrected chi connectivity index (χ3v) is 4.84. The summed E-state index contributed by atoms with van der Waals surface area (Å²) in [6.07, 6.45) is 0. The molecule has 2 atom stereocenters. The van der Waals surface area contributed by atoms with Crippen LogP contribution in [0.25, 0.3) is 0 Å². The molecule has 5 nitrogen and oxygen atoms in total. The molecule has 0 fully saturated rings. The zero-order valence-corrected chi connectivity index (χ0v) is 12.7. The maximum absolute atomic E-state index is 11.5. The fourth-order valence-corrected chi connectivity index (χ4v) is 2.26. The van der Waals surface area contributed by atoms with Gasteiger partial charge in [0.05, 0.1) is 16.4 Å². The van der Waals surface area contributed by atoms with Gasteiger partial charge in [-0.25, -0.2) is 0 Å². The largest absolute Gasteiger partial charge is 0.465 e. The molecule has 0 saturated carbocycles. The molecule has 0 heterocycles. The van der Waals surface area contributed by atoms with Crippen LogP contribution in [0.4, 0.5) is 5.69 Å². The van der Waals surface area contributed by atoms with E-state index in [2.05, 4.69) is 31.9 Å². The fraction of sp³-hybridized carbons (Fsp3) is 0.364. The summed E-state index contributed by atoms with van der Waals surface area (Å²) < 4.78 is 4.87. The van der Waals surface area contributed by atoms with E-state index in [-0.39, 0.29) is 12.3 Å². The Bertz CT molecular complexity index is 452. The van der Waals surface area contributed by atoms with Gasteiger partial charge in [0.2, 0.25) is 0 Å². The summed E-state index contributed by atoms with van der Waals surface area (Å²) in [6.45, 7) is 2.00. The first-order chi connectivity index (χ1) is 8.47. The van der Waals surface area contributed by atoms with Gasteiger partial charge < -0.3 is 4.74 Å². The number of carbonyl (C=O) groups excluding carboxylic acids is 1. The number of benzene rings is 1. The van der Waals surface area contributed by atoms with Gasteiger partial charge in [0.15, 0.2) is 0 Å². The number of rotatable bonds is 5. The Hall–Kier alpha value is -0.950. The summed E-state index contributed by atoms with van der Waals surface area (Å²) in [5.41, 5.74) is 0.625. The van der Waals surface area contributed by atoms with E-state index in [0.29, 0.717) is 5.56 Å². The number of non-ortho nitro benzene ring substituents is 1. The van der Waals surface area contributed by atoms with Gasteiger partial charge in [0.1, 0.15) is 4.83 Å². The number of halogens is 2. The van der Waals surface area contributed by atoms with E-state index >= 15 is 0 Å². The Balaban J connectivity index is 2.89. The van der Waals surface area contributed by atoms with E-state index in [0.717, 1.165) is 0 Å². The van der Waals surface area contributed by atoms with E-state index in [1.54, 1.807) is 19.1 Å². The first-order valence-electron chi connectivity index (χ1n) is 5.16. The number of alkyl halides is 2. The number of nitrogens with zero attached hydrogens (tertiary/aromatic N) is 1. The molecule has 0 bridgehead atoms. The first-order valence-corrected chi connectivity index (χ1v) is 6.99. The number of hydrogen-bond donors (Lipinski definition) is 0. The van der Waals surface area contributed by atoms with Crippen molar-refractivity contribution < 1.29 is 14.5 Å². The summed E-state index contributed by atoms with van der Waals surface area (Å²) in [4.78, 5) is 20.7. The molecule has 1 aromatic carbocycles. The summed E-state index contributed by atoms with van der Waals surface area (Å²) in [7, 11) is 0. The normalized spacial score (nSPS) is 13.7. The van der Waals surface area contributed by atoms with Gasteiger partial charge in [-0.05, 0) is 12.5 Å². The van der Waals surface area contributed by atoms with Crippen molar-refractivity contribution in [1.29, 1.82) is 0 Å². The van der Waals surface area contributed by atoms with Crippen LogP contribution in [-0.2, 0) is 9.53 Å². The second-order valence-corrected chi connectivity index (χ2v) is 5.38. The lowest BCUT2D eigenvalue weighted by molar-refractivity contribution is -0.384. The van der Waals surface area contributed by atoms with Gasteiger partial charge in [0.25, 0.3) is 5.69 Å². The standard InChI is InChI=1S/C11H11Br2NO4/c1-2-18-11(15)10(13)9(12)7-4-3-5-8(6-7)14(16)17/h3-6,9-10H,2H2,1H3/t9-,10+/m1/s1. The van der Waals surface area contributed by atoms with Crippen molar-refractivity contribution in [1.82, 2.24) is 0 Å². The quantitative estimate of drug-likeness (QED) is 0.340. The van der Waals surface area contributed by atoms with Crippen molar-refractivity contribution in [3.8, 4) is 0 Å². The second-order valence-electron chi connectivity index (χ2n) is 3.41. The average molecular weight is 381 g/mol. The summed E-state index contributed by atoms with van der Waals surface area (Å²) in [6, 6.07) is 6.11. The average Bonchev–Trinajstić information content (AvgIpc) is 2.37. The smallest absolute Gasteiger partial charge is 0.321 e. The van der Waals surface area contributed by atoms with Crippen LogP contribution in [0.15, 0.2) is 24.3 Å². The van der Waals surface area contributed by atoms with Gasteiger partial charge in [-0.1, -0.05) is 44.0 Å². The Morgan fingerprint density at radius 2 is 2.17 bits per heavy atom. The number of hydrogen-bond acceptors (Lipinski definition) is 4. The van der Waals surface area contributed by atoms with E-state index in [4.69, 9.17) is 4.74 Å². The minimum Gasteiger partial charge on any atom is -0.465 e. The second kappa shape index (κ2) is 6.84. The van der Waals surface area contributed by atoms with Crippen molar-refractivity contribution in [3.63, 3.8) is 0 Å². The molecular formula is C11H11Br2NO4. The minimum absolute atomic E-state index is 0.0134. The molecule has 0 aromatic heterocycles. The molecule has 0 saturated heterocycles. The van der Waals surface area contributed by atoms with Crippen molar-refractivity contribution in [2.24, 2.45) is 0 Å². The molecule has 98 valence electrons. The number of nitro groups is 1. The molecular weight excluding hydrogens is 370 g/mol. The monoisotopic (exact) mass is 379 g/mol. The molecule has 0 spiro atoms. The first kappa shape index (κ1) is 15.1. The maximum atomic E-state index is 11.5. The zero-order chi connectivity index (χ0) is 13.7. The molecule has 18 heavy (non-hydrogen) atoms. The van der Waals surface area contributed by atoms with Crippen molar-refractivity contribution in [3.05, 3.63) is 39.9 Å². The minimum atomic E-state index is -0.598. The molecule has 1 aromatic rings. The van der Waals surface area contributed by atoms with Crippen LogP contribution in [0.5, 0.6) is 0 Å². The summed E-state index contributed by atoms with van der Waals surface area (Å²) in [5, 5.41) is 10.7. The predicted octanol–water partition coefficient (Wildman–Crippen LogP) is 3.36. The van der Waals surface area contributed by atoms with Crippen molar-refractivity contribution in [2.45, 2.75) is 16.6 Å². The van der Waals surface area contributed by atoms with Crippen LogP contribution in [0.3, 0.4) is 0 Å². The number of nitro benzene ring substituents is 1. The van der Waals surface area contributed by atoms with E-state index in [9.17, 15) is 14.9 Å². The third kappa shape index (κ3) is 3.78. The third-order valence-electron chi connectivity index (χ3n) is 2.17. The van der Waals surface area contributed by atoms with Crippen LogP contribution in [-0.4, -0.2) is 22.3 Å². The topological polar surface area (TPSA) is 69.4 Å². The van der Waals surface area contributed by atoms with Gasteiger partial charge in [-0.15, -0.1) is 0 Å². The van der Waals surface area contributed by atoms with Crippen LogP contribution in [0, 0.1) is 10.1 Å². The Labute approximate surface area is 121 Å². The lowest BCUT2D eigenvalue weighted by Crippen LogP contribution is -2.21. The predicted molar refractivity (Wildman–Crippen MR) is 74.1 cm³/mol. The van der Waals surface area contributed by atoms with Crippen LogP contribution >= 0.6 is 31.9 Å². The highest BCUT2D eigenvalue weighted by atomic mass is 79.9. The number of ether oxygens (including phenoxy) is 1. The highest BCUT2D eigenvalue weighted by Gasteiger charge is 2.27. The van der Waals surface area contributed by atoms with Gasteiger partial charge in [-0.2, -0.15) is 0 Å². The molecule has 0 unspecified atom stereocenters. The Morgan fingerprint density at radius 3 is 2.72 bits per heavy atom. The Kier molecular flexibility index (Phi) is 5.74. The Morgan fingerprint density at radius 1 is 1.50 bits per heavy atom. The van der Waals surface area contributed by atoms with Crippen molar-refractivity contribution >= 4 is 43.5 Å². The van der Waals surface area contributed by atoms with Gasteiger partial charge in [0, 0.05) is 12.1 Å². The molecule has 0 amide bonds. The summed E-state index contributed by atoms with van der Waals surface area (Å²) >= 11 is 6.55. The molecule has 0 radical (unpaired) electrons. The molecule has 1 rings (SSSR count). The molecule has 0 aliphatic carbocycles. The van der Waals surface area contributed by atoms with Crippen LogP contribution in [0.2, 0.25) is 0 Å². The van der Waals surface area contributed by atoms with Crippen molar-refractivity contribution in [2.75, 3.05) is 6.61 Å². The highest BCUT2D eigenvalue weighted by Crippen LogP contribution is 2.33. The SMILES string of the molecule is CCOC(=O)[C@@H](Br)[C@H](Br)c1cccc([N+](=O)[O-])c1. The van der Waals surface area contributed by atoms with Crippen LogP contribution < -0.4 is 0 Å². The lowest BCUT2D eigenvalue weighted by atomic mass is 10.1.